The van der Waals surface area contributed by atoms with Gasteiger partial charge in [0, 0.05) is 11.5 Å². The van der Waals surface area contributed by atoms with Crippen LogP contribution < -0.4 is 4.74 Å². The standard InChI is InChI=1S/C13H10N2O.2C2H6/c1-2-4-11(5-3-1)16-12-7-6-10-9-14-15-13(10)8-12;2*1-2/h1-9H,(H,14,15);2*1-2H3. The third-order valence-electron chi connectivity index (χ3n) is 2.39. The van der Waals surface area contributed by atoms with E-state index in [4.69, 9.17) is 4.74 Å². The summed E-state index contributed by atoms with van der Waals surface area (Å²) in [5.41, 5.74) is 0.980. The second-order valence-corrected chi connectivity index (χ2v) is 3.53. The number of rotatable bonds is 2. The second-order valence-electron chi connectivity index (χ2n) is 3.53. The van der Waals surface area contributed by atoms with Crippen molar-refractivity contribution in [2.75, 3.05) is 0 Å². The minimum atomic E-state index is 0.808. The zero-order chi connectivity index (χ0) is 14.8. The van der Waals surface area contributed by atoms with Crippen LogP contribution in [0.4, 0.5) is 0 Å². The van der Waals surface area contributed by atoms with Crippen LogP contribution in [0.15, 0.2) is 54.7 Å². The van der Waals surface area contributed by atoms with Crippen molar-refractivity contribution >= 4 is 10.9 Å². The normalized spacial score (nSPS) is 9.00. The van der Waals surface area contributed by atoms with Crippen LogP contribution in [0.25, 0.3) is 10.9 Å². The minimum absolute atomic E-state index is 0.808. The number of ether oxygens (including phenoxy) is 1. The highest BCUT2D eigenvalue weighted by Crippen LogP contribution is 2.24. The van der Waals surface area contributed by atoms with E-state index in [9.17, 15) is 0 Å². The molecule has 1 aromatic heterocycles. The van der Waals surface area contributed by atoms with Gasteiger partial charge < -0.3 is 4.74 Å². The van der Waals surface area contributed by atoms with Crippen molar-refractivity contribution < 1.29 is 4.74 Å². The Balaban J connectivity index is 0.000000461. The number of hydrogen-bond donors (Lipinski definition) is 1. The van der Waals surface area contributed by atoms with Crippen molar-refractivity contribution in [2.45, 2.75) is 27.7 Å². The fraction of sp³-hybridized carbons (Fsp3) is 0.235. The smallest absolute Gasteiger partial charge is 0.129 e. The summed E-state index contributed by atoms with van der Waals surface area (Å²) in [5, 5.41) is 7.97. The van der Waals surface area contributed by atoms with Gasteiger partial charge >= 0.3 is 0 Å². The summed E-state index contributed by atoms with van der Waals surface area (Å²) in [6, 6.07) is 15.6. The van der Waals surface area contributed by atoms with Crippen molar-refractivity contribution in [1.29, 1.82) is 0 Å². The molecule has 0 saturated carbocycles. The number of nitrogens with one attached hydrogen (secondary N) is 1. The molecule has 0 aliphatic heterocycles. The Morgan fingerprint density at radius 1 is 0.850 bits per heavy atom. The molecule has 0 spiro atoms. The first-order valence-corrected chi connectivity index (χ1v) is 7.08. The highest BCUT2D eigenvalue weighted by atomic mass is 16.5. The molecule has 3 nitrogen and oxygen atoms in total. The number of nitrogens with zero attached hydrogens (tertiary/aromatic N) is 1. The summed E-state index contributed by atoms with van der Waals surface area (Å²) < 4.78 is 5.71. The molecule has 20 heavy (non-hydrogen) atoms. The summed E-state index contributed by atoms with van der Waals surface area (Å²) in [6.07, 6.45) is 1.79. The molecule has 3 aromatic rings. The fourth-order valence-electron chi connectivity index (χ4n) is 1.60. The van der Waals surface area contributed by atoms with Crippen molar-refractivity contribution in [3.05, 3.63) is 54.7 Å². The maximum Gasteiger partial charge on any atom is 0.129 e. The number of aromatic nitrogens is 2. The zero-order valence-corrected chi connectivity index (χ0v) is 12.6. The predicted molar refractivity (Wildman–Crippen MR) is 85.3 cm³/mol. The third kappa shape index (κ3) is 4.12. The molecule has 3 rings (SSSR count). The average Bonchev–Trinajstić information content (AvgIpc) is 3.00. The Morgan fingerprint density at radius 3 is 2.25 bits per heavy atom. The monoisotopic (exact) mass is 270 g/mol. The molecule has 3 heteroatoms. The molecule has 1 N–H and O–H groups in total. The molecule has 0 bridgehead atoms. The first-order valence-electron chi connectivity index (χ1n) is 7.08. The number of aromatic amines is 1. The molecule has 0 aliphatic rings. The number of hydrogen-bond acceptors (Lipinski definition) is 2. The van der Waals surface area contributed by atoms with E-state index in [1.54, 1.807) is 6.20 Å². The van der Waals surface area contributed by atoms with Crippen molar-refractivity contribution in [3.63, 3.8) is 0 Å². The largest absolute Gasteiger partial charge is 0.457 e. The van der Waals surface area contributed by atoms with Gasteiger partial charge in [-0.1, -0.05) is 45.9 Å². The van der Waals surface area contributed by atoms with E-state index in [0.717, 1.165) is 22.4 Å². The fourth-order valence-corrected chi connectivity index (χ4v) is 1.60. The van der Waals surface area contributed by atoms with E-state index in [1.165, 1.54) is 0 Å². The highest BCUT2D eigenvalue weighted by Gasteiger charge is 1.99. The molecule has 106 valence electrons. The van der Waals surface area contributed by atoms with E-state index >= 15 is 0 Å². The molecule has 2 aromatic carbocycles. The topological polar surface area (TPSA) is 37.9 Å². The van der Waals surface area contributed by atoms with Crippen LogP contribution in [0.3, 0.4) is 0 Å². The number of H-pyrrole nitrogens is 1. The molecule has 0 radical (unpaired) electrons. The van der Waals surface area contributed by atoms with Crippen LogP contribution in [-0.2, 0) is 0 Å². The van der Waals surface area contributed by atoms with E-state index in [-0.39, 0.29) is 0 Å². The highest BCUT2D eigenvalue weighted by molar-refractivity contribution is 5.79. The van der Waals surface area contributed by atoms with Crippen LogP contribution in [0.1, 0.15) is 27.7 Å². The van der Waals surface area contributed by atoms with Gasteiger partial charge in [-0.15, -0.1) is 0 Å². The first kappa shape index (κ1) is 15.8. The van der Waals surface area contributed by atoms with Gasteiger partial charge in [0.15, 0.2) is 0 Å². The molecule has 0 amide bonds. The van der Waals surface area contributed by atoms with Crippen molar-refractivity contribution in [3.8, 4) is 11.5 Å². The van der Waals surface area contributed by atoms with Gasteiger partial charge in [-0.05, 0) is 24.3 Å². The lowest BCUT2D eigenvalue weighted by atomic mass is 10.2. The molecule has 0 unspecified atom stereocenters. The summed E-state index contributed by atoms with van der Waals surface area (Å²) in [7, 11) is 0. The lowest BCUT2D eigenvalue weighted by molar-refractivity contribution is 0.483. The van der Waals surface area contributed by atoms with Gasteiger partial charge in [-0.3, -0.25) is 5.10 Å². The lowest BCUT2D eigenvalue weighted by Gasteiger charge is -2.04. The third-order valence-corrected chi connectivity index (χ3v) is 2.39. The molecule has 0 saturated heterocycles. The average molecular weight is 270 g/mol. The summed E-state index contributed by atoms with van der Waals surface area (Å²) in [4.78, 5) is 0. The van der Waals surface area contributed by atoms with Crippen LogP contribution >= 0.6 is 0 Å². The Kier molecular flexibility index (Phi) is 6.90. The molecule has 0 aliphatic carbocycles. The summed E-state index contributed by atoms with van der Waals surface area (Å²) in [5.74, 6) is 1.64. The van der Waals surface area contributed by atoms with Gasteiger partial charge in [0.2, 0.25) is 0 Å². The van der Waals surface area contributed by atoms with Gasteiger partial charge in [-0.25, -0.2) is 0 Å². The Labute approximate surface area is 120 Å². The maximum absolute atomic E-state index is 5.71. The molecule has 1 heterocycles. The number of fused-ring (bicyclic) bond motifs is 1. The maximum atomic E-state index is 5.71. The minimum Gasteiger partial charge on any atom is -0.457 e. The Bertz CT molecular complexity index is 602. The second kappa shape index (κ2) is 8.75. The van der Waals surface area contributed by atoms with Gasteiger partial charge in [0.1, 0.15) is 11.5 Å². The van der Waals surface area contributed by atoms with Crippen LogP contribution in [-0.4, -0.2) is 10.2 Å². The quantitative estimate of drug-likeness (QED) is 0.676. The number of benzene rings is 2. The SMILES string of the molecule is CC.CC.c1ccc(Oc2ccc3cn[nH]c3c2)cc1. The Morgan fingerprint density at radius 2 is 1.55 bits per heavy atom. The zero-order valence-electron chi connectivity index (χ0n) is 12.6. The first-order chi connectivity index (χ1) is 9.92. The van der Waals surface area contributed by atoms with Gasteiger partial charge in [0.25, 0.3) is 0 Å². The molecular weight excluding hydrogens is 248 g/mol. The van der Waals surface area contributed by atoms with Crippen molar-refractivity contribution in [1.82, 2.24) is 10.2 Å². The number of para-hydroxylation sites is 1. The van der Waals surface area contributed by atoms with Crippen LogP contribution in [0, 0.1) is 0 Å². The van der Waals surface area contributed by atoms with E-state index in [1.807, 2.05) is 76.2 Å². The molecule has 0 atom stereocenters. The summed E-state index contributed by atoms with van der Waals surface area (Å²) in [6.45, 7) is 8.00. The van der Waals surface area contributed by atoms with Gasteiger partial charge in [-0.2, -0.15) is 5.10 Å². The van der Waals surface area contributed by atoms with Crippen molar-refractivity contribution in [2.24, 2.45) is 0 Å². The Hall–Kier alpha value is -2.29. The molecular formula is C17H22N2O. The lowest BCUT2D eigenvalue weighted by Crippen LogP contribution is -1.83. The summed E-state index contributed by atoms with van der Waals surface area (Å²) >= 11 is 0. The van der Waals surface area contributed by atoms with E-state index in [0.29, 0.717) is 0 Å². The predicted octanol–water partition coefficient (Wildman–Crippen LogP) is 5.41. The van der Waals surface area contributed by atoms with Crippen LogP contribution in [0.5, 0.6) is 11.5 Å². The van der Waals surface area contributed by atoms with Crippen LogP contribution in [0.2, 0.25) is 0 Å². The van der Waals surface area contributed by atoms with E-state index in [2.05, 4.69) is 10.2 Å². The molecule has 0 fully saturated rings. The van der Waals surface area contributed by atoms with Gasteiger partial charge in [0.05, 0.1) is 11.7 Å². The van der Waals surface area contributed by atoms with E-state index < -0.39 is 0 Å².